The average Bonchev–Trinajstić information content (AvgIpc) is 3.46. The molecule has 4 saturated carbocycles. The Morgan fingerprint density at radius 3 is 2.25 bits per heavy atom. The van der Waals surface area contributed by atoms with Crippen LogP contribution in [0.1, 0.15) is 122 Å². The maximum Gasteiger partial charge on any atom is 0.337 e. The molecular formula is C43H68N2O5S. The molecule has 9 atom stereocenters. The van der Waals surface area contributed by atoms with E-state index < -0.39 is 16.2 Å². The second kappa shape index (κ2) is 12.8. The van der Waals surface area contributed by atoms with Gasteiger partial charge in [-0.3, -0.25) is 14.0 Å². The molecule has 1 aromatic rings. The Hall–Kier alpha value is -1.42. The minimum atomic E-state index is -2.38. The number of hydrogen-bond donors (Lipinski definition) is 4. The summed E-state index contributed by atoms with van der Waals surface area (Å²) in [6.45, 7) is 20.5. The van der Waals surface area contributed by atoms with Crippen molar-refractivity contribution in [3.05, 3.63) is 41.5 Å². The predicted octanol–water partition coefficient (Wildman–Crippen LogP) is 8.73. The lowest BCUT2D eigenvalue weighted by atomic mass is 9.32. The lowest BCUT2D eigenvalue weighted by Gasteiger charge is -2.72. The lowest BCUT2D eigenvalue weighted by Crippen LogP contribution is -2.68. The van der Waals surface area contributed by atoms with E-state index in [1.807, 2.05) is 12.1 Å². The van der Waals surface area contributed by atoms with E-state index in [0.717, 1.165) is 45.4 Å². The second-order valence-corrected chi connectivity index (χ2v) is 22.2. The van der Waals surface area contributed by atoms with Crippen LogP contribution in [0.2, 0.25) is 0 Å². The van der Waals surface area contributed by atoms with Crippen molar-refractivity contribution < 1.29 is 23.7 Å². The number of ether oxygens (including phenoxy) is 1. The molecule has 0 radical (unpaired) electrons. The molecule has 0 bridgehead atoms. The van der Waals surface area contributed by atoms with Crippen molar-refractivity contribution in [2.75, 3.05) is 44.8 Å². The number of nitrogens with one attached hydrogen (secondary N) is 1. The number of benzene rings is 1. The van der Waals surface area contributed by atoms with E-state index in [1.165, 1.54) is 56.8 Å². The van der Waals surface area contributed by atoms with Crippen LogP contribution in [-0.2, 0) is 4.74 Å². The van der Waals surface area contributed by atoms with Gasteiger partial charge in [0.1, 0.15) is 0 Å². The Morgan fingerprint density at radius 2 is 1.61 bits per heavy atom. The van der Waals surface area contributed by atoms with Crippen molar-refractivity contribution >= 4 is 22.1 Å². The Bertz CT molecular complexity index is 1510. The summed E-state index contributed by atoms with van der Waals surface area (Å²) in [5.74, 6) is 3.27. The molecule has 286 valence electrons. The fourth-order valence-electron chi connectivity index (χ4n) is 14.1. The molecule has 1 saturated heterocycles. The molecule has 0 aromatic heterocycles. The normalized spacial score (nSPS) is 42.4. The number of aliphatic hydroxyl groups is 1. The predicted molar refractivity (Wildman–Crippen MR) is 209 cm³/mol. The van der Waals surface area contributed by atoms with Crippen molar-refractivity contribution in [1.82, 2.24) is 10.2 Å². The topological polar surface area (TPSA) is 102 Å². The minimum Gasteiger partial charge on any atom is -0.465 e. The zero-order chi connectivity index (χ0) is 36.8. The first-order valence-electron chi connectivity index (χ1n) is 20.1. The van der Waals surface area contributed by atoms with Gasteiger partial charge in [0, 0.05) is 31.7 Å². The maximum atomic E-state index is 12.2. The second-order valence-electron chi connectivity index (χ2n) is 19.7. The quantitative estimate of drug-likeness (QED) is 0.209. The smallest absolute Gasteiger partial charge is 0.337 e. The molecule has 1 aliphatic heterocycles. The van der Waals surface area contributed by atoms with Gasteiger partial charge in [-0.15, -0.1) is 0 Å². The highest BCUT2D eigenvalue weighted by atomic mass is 32.3. The molecule has 6 aliphatic rings. The lowest BCUT2D eigenvalue weighted by molar-refractivity contribution is -0.225. The monoisotopic (exact) mass is 724 g/mol. The van der Waals surface area contributed by atoms with E-state index in [-0.39, 0.29) is 39.1 Å². The number of allylic oxidation sites excluding steroid dienone is 2. The van der Waals surface area contributed by atoms with Crippen molar-refractivity contribution in [3.8, 4) is 0 Å². The molecule has 0 spiro atoms. The molecule has 8 heteroatoms. The van der Waals surface area contributed by atoms with Crippen molar-refractivity contribution in [3.63, 3.8) is 0 Å². The first kappa shape index (κ1) is 37.9. The molecule has 5 fully saturated rings. The highest BCUT2D eigenvalue weighted by molar-refractivity contribution is 8.24. The van der Waals surface area contributed by atoms with Gasteiger partial charge in [0.05, 0.1) is 29.8 Å². The largest absolute Gasteiger partial charge is 0.465 e. The minimum absolute atomic E-state index is 0.0213. The summed E-state index contributed by atoms with van der Waals surface area (Å²) in [6, 6.07) is 8.07. The van der Waals surface area contributed by atoms with Crippen LogP contribution >= 0.6 is 10.6 Å². The molecule has 51 heavy (non-hydrogen) atoms. The van der Waals surface area contributed by atoms with Gasteiger partial charge in [-0.05, 0) is 146 Å². The molecule has 5 aliphatic carbocycles. The molecular weight excluding hydrogens is 657 g/mol. The van der Waals surface area contributed by atoms with Crippen LogP contribution < -0.4 is 5.32 Å². The first-order valence-corrected chi connectivity index (χ1v) is 22.0. The molecule has 0 amide bonds. The summed E-state index contributed by atoms with van der Waals surface area (Å²) < 4.78 is 25.2. The van der Waals surface area contributed by atoms with Gasteiger partial charge in [0.2, 0.25) is 0 Å². The summed E-state index contributed by atoms with van der Waals surface area (Å²) in [4.78, 5) is 14.6. The van der Waals surface area contributed by atoms with E-state index in [2.05, 4.69) is 76.9 Å². The van der Waals surface area contributed by atoms with Crippen LogP contribution in [0.15, 0.2) is 30.3 Å². The molecule has 1 aromatic carbocycles. The number of rotatable bonds is 7. The zero-order valence-electron chi connectivity index (χ0n) is 32.9. The van der Waals surface area contributed by atoms with Crippen LogP contribution in [0.5, 0.6) is 0 Å². The van der Waals surface area contributed by atoms with Crippen molar-refractivity contribution in [2.24, 2.45) is 51.2 Å². The van der Waals surface area contributed by atoms with E-state index in [9.17, 15) is 19.0 Å². The Balaban J connectivity index is 1.15. The molecule has 4 N–H and O–H groups in total. The van der Waals surface area contributed by atoms with E-state index in [0.29, 0.717) is 40.7 Å². The average molecular weight is 725 g/mol. The number of carbonyl (C=O) groups excluding carboxylic acids is 1. The van der Waals surface area contributed by atoms with Gasteiger partial charge >= 0.3 is 5.97 Å². The summed E-state index contributed by atoms with van der Waals surface area (Å²) in [5.41, 5.74) is 3.30. The van der Waals surface area contributed by atoms with Crippen LogP contribution in [0.3, 0.4) is 0 Å². The van der Waals surface area contributed by atoms with Crippen LogP contribution in [0.4, 0.5) is 0 Å². The van der Waals surface area contributed by atoms with Gasteiger partial charge < -0.3 is 15.2 Å². The fraction of sp³-hybridized carbons (Fsp3) is 0.791. The Kier molecular flexibility index (Phi) is 9.53. The molecule has 1 heterocycles. The van der Waals surface area contributed by atoms with Crippen LogP contribution in [0.25, 0.3) is 5.57 Å². The van der Waals surface area contributed by atoms with Crippen molar-refractivity contribution in [2.45, 2.75) is 117 Å². The number of hydrogen-bond acceptors (Lipinski definition) is 7. The van der Waals surface area contributed by atoms with Crippen LogP contribution in [-0.4, -0.2) is 81.0 Å². The highest BCUT2D eigenvalue weighted by Gasteiger charge is 2.71. The number of carbonyl (C=O) groups is 1. The van der Waals surface area contributed by atoms with Gasteiger partial charge in [-0.25, -0.2) is 4.79 Å². The van der Waals surface area contributed by atoms with Crippen LogP contribution in [0, 0.1) is 51.2 Å². The van der Waals surface area contributed by atoms with Gasteiger partial charge in [0.25, 0.3) is 0 Å². The third-order valence-corrected chi connectivity index (χ3v) is 18.6. The van der Waals surface area contributed by atoms with E-state index in [4.69, 9.17) is 4.74 Å². The first-order chi connectivity index (χ1) is 23.8. The van der Waals surface area contributed by atoms with Gasteiger partial charge in [-0.1, -0.05) is 52.8 Å². The third kappa shape index (κ3) is 6.00. The highest BCUT2D eigenvalue weighted by Crippen LogP contribution is 2.76. The van der Waals surface area contributed by atoms with Crippen molar-refractivity contribution in [1.29, 1.82) is 0 Å². The van der Waals surface area contributed by atoms with Gasteiger partial charge in [0.15, 0.2) is 0 Å². The summed E-state index contributed by atoms with van der Waals surface area (Å²) >= 11 is 0. The number of nitrogens with zero attached hydrogens (tertiary/aromatic N) is 1. The third-order valence-electron chi connectivity index (χ3n) is 16.9. The number of fused-ring (bicyclic) bond motifs is 7. The Morgan fingerprint density at radius 1 is 0.922 bits per heavy atom. The molecule has 7 nitrogen and oxygen atoms in total. The summed E-state index contributed by atoms with van der Waals surface area (Å²) in [7, 11) is -0.944. The Labute approximate surface area is 310 Å². The SMILES string of the molecule is COC(=O)c1ccc(C2=CC[C@]3(C)[C@H]4CC[C@@H]5[C@H]6[C@H](C(C)(C)O)CC[C@]6(NCCN6CCS(O)(O)CC6)CC[C@@]5(C)[C@]4(C)CC[C@H]3C2(C)C)cc1. The zero-order valence-corrected chi connectivity index (χ0v) is 33.7. The molecule has 0 unspecified atom stereocenters. The number of esters is 1. The summed E-state index contributed by atoms with van der Waals surface area (Å²) in [6.07, 6.45) is 13.3. The van der Waals surface area contributed by atoms with E-state index in [1.54, 1.807) is 0 Å². The molecule has 7 rings (SSSR count). The fourth-order valence-corrected chi connectivity index (χ4v) is 15.4. The standard InChI is InChI=1S/C43H68N2O5S/c1-38(2)31(29-9-11-30(12-10-29)37(46)50-8)15-18-40(5)34(38)17-19-42(7)35(40)14-13-33-36-32(39(3,4)47)16-20-43(36,22-21-41(33,42)6)44-23-24-45-25-27-51(48,49)28-26-45/h9-12,15,32-36,44,47-49H,13-14,16-28H2,1-8H3/t32-,33-,34+,35-,36-,40+,41-,42-,43+/m1/s1. The van der Waals surface area contributed by atoms with Gasteiger partial charge in [-0.2, -0.15) is 10.6 Å². The maximum absolute atomic E-state index is 12.2. The van der Waals surface area contributed by atoms with E-state index >= 15 is 0 Å². The number of methoxy groups -OCH3 is 1. The summed E-state index contributed by atoms with van der Waals surface area (Å²) in [5, 5.41) is 15.9.